The third-order valence-corrected chi connectivity index (χ3v) is 2.43. The molecule has 0 unspecified atom stereocenters. The van der Waals surface area contributed by atoms with E-state index in [1.807, 2.05) is 0 Å². The first-order valence-corrected chi connectivity index (χ1v) is 4.95. The number of hydrogen-bond acceptors (Lipinski definition) is 2. The Morgan fingerprint density at radius 2 is 2.07 bits per heavy atom. The zero-order valence-electron chi connectivity index (χ0n) is 7.84. The van der Waals surface area contributed by atoms with Gasteiger partial charge >= 0.3 is 0 Å². The fourth-order valence-electron chi connectivity index (χ4n) is 1.04. The molecule has 2 nitrogen and oxygen atoms in total. The smallest absolute Gasteiger partial charge is 0.166 e. The first-order valence-electron chi connectivity index (χ1n) is 4.15. The van der Waals surface area contributed by atoms with Crippen molar-refractivity contribution in [3.63, 3.8) is 0 Å². The van der Waals surface area contributed by atoms with Crippen LogP contribution < -0.4 is 0 Å². The van der Waals surface area contributed by atoms with Crippen molar-refractivity contribution in [2.75, 3.05) is 0 Å². The number of rotatable bonds is 2. The number of hydrogen-bond donors (Lipinski definition) is 1. The van der Waals surface area contributed by atoms with Gasteiger partial charge in [0, 0.05) is 11.5 Å². The Labute approximate surface area is 89.9 Å². The average molecular weight is 261 g/mol. The number of carbonyl (C=O) groups is 1. The molecule has 0 saturated carbocycles. The van der Waals surface area contributed by atoms with Crippen molar-refractivity contribution in [1.82, 2.24) is 0 Å². The second-order valence-electron chi connectivity index (χ2n) is 3.31. The normalized spacial score (nSPS) is 10.6. The Morgan fingerprint density at radius 3 is 2.50 bits per heavy atom. The number of phenolic OH excluding ortho intramolecular Hbond substituents is 1. The summed E-state index contributed by atoms with van der Waals surface area (Å²) in [5.74, 6) is -1.59. The van der Waals surface area contributed by atoms with Gasteiger partial charge in [0.25, 0.3) is 0 Å². The molecule has 0 heterocycles. The van der Waals surface area contributed by atoms with E-state index >= 15 is 0 Å². The number of ketones is 1. The monoisotopic (exact) mass is 260 g/mol. The highest BCUT2D eigenvalue weighted by molar-refractivity contribution is 9.10. The van der Waals surface area contributed by atoms with Crippen LogP contribution in [0.4, 0.5) is 4.39 Å². The van der Waals surface area contributed by atoms with E-state index in [1.165, 1.54) is 6.07 Å². The summed E-state index contributed by atoms with van der Waals surface area (Å²) >= 11 is 2.97. The lowest BCUT2D eigenvalue weighted by Gasteiger charge is -2.06. The van der Waals surface area contributed by atoms with Crippen LogP contribution in [0.25, 0.3) is 0 Å². The summed E-state index contributed by atoms with van der Waals surface area (Å²) in [5.41, 5.74) is 0.266. The Morgan fingerprint density at radius 1 is 1.50 bits per heavy atom. The van der Waals surface area contributed by atoms with Crippen LogP contribution in [-0.4, -0.2) is 10.9 Å². The average Bonchev–Trinajstić information content (AvgIpc) is 2.12. The van der Waals surface area contributed by atoms with E-state index in [0.29, 0.717) is 0 Å². The van der Waals surface area contributed by atoms with Crippen molar-refractivity contribution in [1.29, 1.82) is 0 Å². The molecule has 1 N–H and O–H groups in total. The summed E-state index contributed by atoms with van der Waals surface area (Å²) in [4.78, 5) is 11.5. The minimum absolute atomic E-state index is 0.149. The van der Waals surface area contributed by atoms with E-state index in [1.54, 1.807) is 13.8 Å². The number of phenols is 1. The number of aromatic hydroxyl groups is 1. The van der Waals surface area contributed by atoms with Gasteiger partial charge < -0.3 is 5.11 Å². The first kappa shape index (κ1) is 11.2. The molecule has 0 bridgehead atoms. The molecule has 1 aromatic carbocycles. The lowest BCUT2D eigenvalue weighted by atomic mass is 10.0. The molecule has 0 amide bonds. The summed E-state index contributed by atoms with van der Waals surface area (Å²) in [6, 6.07) is 2.46. The molecule has 0 aliphatic heterocycles. The number of carbonyl (C=O) groups excluding carboxylic acids is 1. The van der Waals surface area contributed by atoms with Crippen LogP contribution in [0.5, 0.6) is 5.75 Å². The van der Waals surface area contributed by atoms with E-state index < -0.39 is 11.6 Å². The minimum atomic E-state index is -0.789. The highest BCUT2D eigenvalue weighted by Gasteiger charge is 2.15. The molecule has 0 spiro atoms. The Bertz CT molecular complexity index is 351. The highest BCUT2D eigenvalue weighted by Crippen LogP contribution is 2.28. The maximum atomic E-state index is 13.0. The lowest BCUT2D eigenvalue weighted by Crippen LogP contribution is -2.07. The number of Topliss-reactive ketones (excluding diaryl/α,β-unsaturated/α-hetero) is 1. The van der Waals surface area contributed by atoms with Crippen molar-refractivity contribution >= 4 is 21.7 Å². The Hall–Kier alpha value is -0.900. The third-order valence-electron chi connectivity index (χ3n) is 1.83. The Balaban J connectivity index is 3.19. The van der Waals surface area contributed by atoms with Crippen LogP contribution in [0.15, 0.2) is 16.6 Å². The van der Waals surface area contributed by atoms with Gasteiger partial charge in [-0.15, -0.1) is 0 Å². The summed E-state index contributed by atoms with van der Waals surface area (Å²) < 4.78 is 13.2. The molecular formula is C10H10BrFO2. The van der Waals surface area contributed by atoms with Gasteiger partial charge in [-0.25, -0.2) is 4.39 Å². The van der Waals surface area contributed by atoms with Crippen LogP contribution in [0.2, 0.25) is 0 Å². The predicted octanol–water partition coefficient (Wildman–Crippen LogP) is 3.13. The fourth-order valence-corrected chi connectivity index (χ4v) is 1.48. The number of halogens is 2. The van der Waals surface area contributed by atoms with Crippen LogP contribution in [-0.2, 0) is 0 Å². The van der Waals surface area contributed by atoms with Crippen LogP contribution in [0.1, 0.15) is 24.2 Å². The van der Waals surface area contributed by atoms with Crippen molar-refractivity contribution in [3.8, 4) is 5.75 Å². The van der Waals surface area contributed by atoms with Gasteiger partial charge in [-0.3, -0.25) is 4.79 Å². The molecule has 0 saturated heterocycles. The number of benzene rings is 1. The largest absolute Gasteiger partial charge is 0.504 e. The molecule has 0 aliphatic carbocycles. The molecular weight excluding hydrogens is 251 g/mol. The van der Waals surface area contributed by atoms with E-state index in [2.05, 4.69) is 15.9 Å². The SMILES string of the molecule is CC(C)C(=O)c1cc(F)c(O)c(Br)c1. The maximum absolute atomic E-state index is 13.0. The molecule has 1 aromatic rings. The van der Waals surface area contributed by atoms with Crippen LogP contribution in [0, 0.1) is 11.7 Å². The van der Waals surface area contributed by atoms with Crippen molar-refractivity contribution in [2.24, 2.45) is 5.92 Å². The Kier molecular flexibility index (Phi) is 3.26. The van der Waals surface area contributed by atoms with Gasteiger partial charge in [0.15, 0.2) is 17.3 Å². The maximum Gasteiger partial charge on any atom is 0.166 e. The molecule has 76 valence electrons. The molecule has 0 atom stereocenters. The van der Waals surface area contributed by atoms with Gasteiger partial charge in [-0.1, -0.05) is 13.8 Å². The third kappa shape index (κ3) is 2.12. The summed E-state index contributed by atoms with van der Waals surface area (Å²) in [6.07, 6.45) is 0. The van der Waals surface area contributed by atoms with Gasteiger partial charge in [0.2, 0.25) is 0 Å². The lowest BCUT2D eigenvalue weighted by molar-refractivity contribution is 0.0939. The van der Waals surface area contributed by atoms with Crippen molar-refractivity contribution < 1.29 is 14.3 Å². The molecule has 4 heteroatoms. The zero-order chi connectivity index (χ0) is 10.9. The van der Waals surface area contributed by atoms with E-state index in [9.17, 15) is 9.18 Å². The standard InChI is InChI=1S/C10H10BrFO2/c1-5(2)9(13)6-3-7(11)10(14)8(12)4-6/h3-5,14H,1-2H3. The quantitative estimate of drug-likeness (QED) is 0.830. The molecule has 0 aromatic heterocycles. The fraction of sp³-hybridized carbons (Fsp3) is 0.300. The van der Waals surface area contributed by atoms with E-state index in [4.69, 9.17) is 5.11 Å². The van der Waals surface area contributed by atoms with Crippen molar-refractivity contribution in [3.05, 3.63) is 28.0 Å². The highest BCUT2D eigenvalue weighted by atomic mass is 79.9. The minimum Gasteiger partial charge on any atom is -0.504 e. The molecule has 0 aliphatic rings. The van der Waals surface area contributed by atoms with Gasteiger partial charge in [0.1, 0.15) is 0 Å². The van der Waals surface area contributed by atoms with Crippen LogP contribution >= 0.6 is 15.9 Å². The zero-order valence-corrected chi connectivity index (χ0v) is 9.43. The van der Waals surface area contributed by atoms with Crippen LogP contribution in [0.3, 0.4) is 0 Å². The topological polar surface area (TPSA) is 37.3 Å². The van der Waals surface area contributed by atoms with Gasteiger partial charge in [0.05, 0.1) is 4.47 Å². The van der Waals surface area contributed by atoms with Gasteiger partial charge in [-0.05, 0) is 28.1 Å². The second kappa shape index (κ2) is 4.09. The van der Waals surface area contributed by atoms with Gasteiger partial charge in [-0.2, -0.15) is 0 Å². The summed E-state index contributed by atoms with van der Waals surface area (Å²) in [7, 11) is 0. The predicted molar refractivity (Wildman–Crippen MR) is 54.9 cm³/mol. The molecule has 0 fully saturated rings. The molecule has 0 radical (unpaired) electrons. The molecule has 1 rings (SSSR count). The van der Waals surface area contributed by atoms with E-state index in [-0.39, 0.29) is 21.7 Å². The summed E-state index contributed by atoms with van der Waals surface area (Å²) in [6.45, 7) is 3.47. The molecule has 14 heavy (non-hydrogen) atoms. The second-order valence-corrected chi connectivity index (χ2v) is 4.16. The summed E-state index contributed by atoms with van der Waals surface area (Å²) in [5, 5.41) is 9.12. The van der Waals surface area contributed by atoms with Crippen molar-refractivity contribution in [2.45, 2.75) is 13.8 Å². The van der Waals surface area contributed by atoms with E-state index in [0.717, 1.165) is 6.07 Å². The first-order chi connectivity index (χ1) is 6.43.